The average Bonchev–Trinajstić information content (AvgIpc) is 2.35. The third-order valence-electron chi connectivity index (χ3n) is 2.51. The van der Waals surface area contributed by atoms with E-state index in [0.29, 0.717) is 6.42 Å². The van der Waals surface area contributed by atoms with E-state index >= 15 is 0 Å². The molecule has 1 aromatic rings. The number of hydrazine groups is 1. The number of nitrogens with zero attached hydrogens (tertiary/aromatic N) is 1. The Hall–Kier alpha value is -1.55. The van der Waals surface area contributed by atoms with Crippen LogP contribution in [0.2, 0.25) is 0 Å². The summed E-state index contributed by atoms with van der Waals surface area (Å²) in [5, 5.41) is 0. The molecule has 1 aromatic carbocycles. The van der Waals surface area contributed by atoms with Crippen LogP contribution >= 0.6 is 0 Å². The molecule has 0 radical (unpaired) electrons. The van der Waals surface area contributed by atoms with Crippen molar-refractivity contribution in [1.29, 1.82) is 0 Å². The van der Waals surface area contributed by atoms with Crippen LogP contribution in [-0.2, 0) is 4.79 Å². The lowest BCUT2D eigenvalue weighted by molar-refractivity contribution is -0.121. The van der Waals surface area contributed by atoms with Gasteiger partial charge in [0.25, 0.3) is 0 Å². The van der Waals surface area contributed by atoms with Crippen molar-refractivity contribution in [2.45, 2.75) is 19.3 Å². The van der Waals surface area contributed by atoms with Gasteiger partial charge in [-0.15, -0.1) is 0 Å². The molecule has 0 heterocycles. The van der Waals surface area contributed by atoms with Crippen molar-refractivity contribution in [2.75, 3.05) is 18.5 Å². The molecule has 0 aliphatic heterocycles. The van der Waals surface area contributed by atoms with Crippen LogP contribution in [0, 0.1) is 0 Å². The second-order valence-corrected chi connectivity index (χ2v) is 3.78. The van der Waals surface area contributed by atoms with Crippen LogP contribution in [0.3, 0.4) is 0 Å². The number of hydrogen-bond acceptors (Lipinski definition) is 3. The molecule has 4 heteroatoms. The summed E-state index contributed by atoms with van der Waals surface area (Å²) in [6, 6.07) is 10.2. The number of anilines is 1. The number of hydrogen-bond donors (Lipinski definition) is 2. The number of rotatable bonds is 6. The van der Waals surface area contributed by atoms with Crippen molar-refractivity contribution in [3.8, 4) is 0 Å². The van der Waals surface area contributed by atoms with E-state index in [1.54, 1.807) is 0 Å². The predicted molar refractivity (Wildman–Crippen MR) is 65.9 cm³/mol. The molecule has 1 rings (SSSR count). The van der Waals surface area contributed by atoms with E-state index in [0.717, 1.165) is 19.4 Å². The molecule has 0 aliphatic carbocycles. The highest BCUT2D eigenvalue weighted by Gasteiger charge is 2.01. The van der Waals surface area contributed by atoms with E-state index in [-0.39, 0.29) is 5.91 Å². The molecular formula is C12H19N3O. The summed E-state index contributed by atoms with van der Waals surface area (Å²) in [7, 11) is 2.05. The fourth-order valence-corrected chi connectivity index (χ4v) is 1.52. The Morgan fingerprint density at radius 3 is 2.62 bits per heavy atom. The lowest BCUT2D eigenvalue weighted by Gasteiger charge is -2.18. The number of nitrogens with two attached hydrogens (primary N) is 1. The van der Waals surface area contributed by atoms with Gasteiger partial charge in [-0.05, 0) is 25.0 Å². The molecule has 3 N–H and O–H groups in total. The molecular weight excluding hydrogens is 202 g/mol. The Labute approximate surface area is 96.4 Å². The smallest absolute Gasteiger partial charge is 0.233 e. The average molecular weight is 221 g/mol. The maximum absolute atomic E-state index is 10.9. The van der Waals surface area contributed by atoms with Crippen molar-refractivity contribution in [3.63, 3.8) is 0 Å². The summed E-state index contributed by atoms with van der Waals surface area (Å²) in [6.45, 7) is 0.946. The number of para-hydroxylation sites is 1. The van der Waals surface area contributed by atoms with Gasteiger partial charge < -0.3 is 4.90 Å². The van der Waals surface area contributed by atoms with Crippen LogP contribution in [0.4, 0.5) is 5.69 Å². The van der Waals surface area contributed by atoms with Crippen molar-refractivity contribution in [2.24, 2.45) is 5.84 Å². The Morgan fingerprint density at radius 2 is 2.00 bits per heavy atom. The lowest BCUT2D eigenvalue weighted by atomic mass is 10.2. The first kappa shape index (κ1) is 12.5. The van der Waals surface area contributed by atoms with Gasteiger partial charge in [0.1, 0.15) is 0 Å². The van der Waals surface area contributed by atoms with Crippen LogP contribution in [-0.4, -0.2) is 19.5 Å². The van der Waals surface area contributed by atoms with E-state index in [2.05, 4.69) is 29.5 Å². The lowest BCUT2D eigenvalue weighted by Crippen LogP contribution is -2.29. The summed E-state index contributed by atoms with van der Waals surface area (Å²) in [5.41, 5.74) is 3.33. The van der Waals surface area contributed by atoms with Crippen LogP contribution in [0.5, 0.6) is 0 Å². The van der Waals surface area contributed by atoms with Gasteiger partial charge in [0, 0.05) is 25.7 Å². The standard InChI is InChI=1S/C12H19N3O/c1-15(11-7-3-2-4-8-11)10-6-5-9-12(16)14-13/h2-4,7-8H,5-6,9-10,13H2,1H3,(H,14,16). The van der Waals surface area contributed by atoms with E-state index in [1.165, 1.54) is 5.69 Å². The summed E-state index contributed by atoms with van der Waals surface area (Å²) in [5.74, 6) is 4.90. The fourth-order valence-electron chi connectivity index (χ4n) is 1.52. The maximum Gasteiger partial charge on any atom is 0.233 e. The molecule has 0 unspecified atom stereocenters. The zero-order valence-corrected chi connectivity index (χ0v) is 9.65. The Balaban J connectivity index is 2.21. The molecule has 0 aromatic heterocycles. The van der Waals surface area contributed by atoms with Gasteiger partial charge in [-0.2, -0.15) is 0 Å². The number of benzene rings is 1. The van der Waals surface area contributed by atoms with E-state index < -0.39 is 0 Å². The highest BCUT2D eigenvalue weighted by molar-refractivity contribution is 5.75. The quantitative estimate of drug-likeness (QED) is 0.329. The summed E-state index contributed by atoms with van der Waals surface area (Å²) in [4.78, 5) is 13.1. The van der Waals surface area contributed by atoms with Gasteiger partial charge >= 0.3 is 0 Å². The number of nitrogens with one attached hydrogen (secondary N) is 1. The second-order valence-electron chi connectivity index (χ2n) is 3.78. The second kappa shape index (κ2) is 6.85. The largest absolute Gasteiger partial charge is 0.375 e. The highest BCUT2D eigenvalue weighted by Crippen LogP contribution is 2.11. The molecule has 88 valence electrons. The first-order valence-electron chi connectivity index (χ1n) is 5.49. The van der Waals surface area contributed by atoms with Gasteiger partial charge in [-0.25, -0.2) is 5.84 Å². The SMILES string of the molecule is CN(CCCCC(=O)NN)c1ccccc1. The van der Waals surface area contributed by atoms with Crippen LogP contribution in [0.15, 0.2) is 30.3 Å². The Kier molecular flexibility index (Phi) is 5.36. The highest BCUT2D eigenvalue weighted by atomic mass is 16.2. The molecule has 4 nitrogen and oxygen atoms in total. The van der Waals surface area contributed by atoms with Crippen molar-refractivity contribution >= 4 is 11.6 Å². The Morgan fingerprint density at radius 1 is 1.31 bits per heavy atom. The Bertz CT molecular complexity index is 313. The van der Waals surface area contributed by atoms with Crippen molar-refractivity contribution in [3.05, 3.63) is 30.3 Å². The minimum Gasteiger partial charge on any atom is -0.375 e. The predicted octanol–water partition coefficient (Wildman–Crippen LogP) is 1.28. The molecule has 0 bridgehead atoms. The zero-order chi connectivity index (χ0) is 11.8. The summed E-state index contributed by atoms with van der Waals surface area (Å²) >= 11 is 0. The molecule has 1 amide bonds. The minimum atomic E-state index is -0.0950. The first-order valence-corrected chi connectivity index (χ1v) is 5.49. The molecule has 0 spiro atoms. The number of unbranched alkanes of at least 4 members (excludes halogenated alkanes) is 1. The van der Waals surface area contributed by atoms with Crippen molar-refractivity contribution < 1.29 is 4.79 Å². The van der Waals surface area contributed by atoms with Gasteiger partial charge in [-0.3, -0.25) is 10.2 Å². The van der Waals surface area contributed by atoms with Gasteiger partial charge in [-0.1, -0.05) is 18.2 Å². The molecule has 16 heavy (non-hydrogen) atoms. The molecule has 0 saturated carbocycles. The molecule has 0 aliphatic rings. The van der Waals surface area contributed by atoms with Gasteiger partial charge in [0.05, 0.1) is 0 Å². The van der Waals surface area contributed by atoms with Gasteiger partial charge in [0.2, 0.25) is 5.91 Å². The fraction of sp³-hybridized carbons (Fsp3) is 0.417. The van der Waals surface area contributed by atoms with Gasteiger partial charge in [0.15, 0.2) is 0 Å². The molecule has 0 saturated heterocycles. The summed E-state index contributed by atoms with van der Waals surface area (Å²) in [6.07, 6.45) is 2.35. The maximum atomic E-state index is 10.9. The minimum absolute atomic E-state index is 0.0950. The summed E-state index contributed by atoms with van der Waals surface area (Å²) < 4.78 is 0. The first-order chi connectivity index (χ1) is 7.74. The van der Waals surface area contributed by atoms with Crippen LogP contribution in [0.25, 0.3) is 0 Å². The molecule has 0 atom stereocenters. The zero-order valence-electron chi connectivity index (χ0n) is 9.65. The van der Waals surface area contributed by atoms with Crippen molar-refractivity contribution in [1.82, 2.24) is 5.43 Å². The normalized spacial score (nSPS) is 9.88. The van der Waals surface area contributed by atoms with E-state index in [9.17, 15) is 4.79 Å². The molecule has 0 fully saturated rings. The number of carbonyl (C=O) groups is 1. The van der Waals surface area contributed by atoms with Crippen LogP contribution < -0.4 is 16.2 Å². The van der Waals surface area contributed by atoms with E-state index in [1.807, 2.05) is 18.2 Å². The topological polar surface area (TPSA) is 58.4 Å². The number of amides is 1. The van der Waals surface area contributed by atoms with E-state index in [4.69, 9.17) is 5.84 Å². The monoisotopic (exact) mass is 221 g/mol. The third kappa shape index (κ3) is 4.31. The van der Waals surface area contributed by atoms with Crippen LogP contribution in [0.1, 0.15) is 19.3 Å². The third-order valence-corrected chi connectivity index (χ3v) is 2.51. The number of carbonyl (C=O) groups excluding carboxylic acids is 1.